The molecule has 0 fully saturated rings. The van der Waals surface area contributed by atoms with Crippen molar-refractivity contribution in [2.24, 2.45) is 0 Å². The van der Waals surface area contributed by atoms with Gasteiger partial charge < -0.3 is 17.0 Å². The van der Waals surface area contributed by atoms with Gasteiger partial charge in [0.15, 0.2) is 0 Å². The number of H-pyrrole nitrogens is 1. The van der Waals surface area contributed by atoms with Crippen LogP contribution in [0, 0.1) is 0 Å². The molecule has 10 heavy (non-hydrogen) atoms. The third kappa shape index (κ3) is 1.12. The lowest BCUT2D eigenvalue weighted by atomic mass is 10.6. The van der Waals surface area contributed by atoms with Gasteiger partial charge in [-0.15, -0.1) is 10.2 Å². The summed E-state index contributed by atoms with van der Waals surface area (Å²) in [6.07, 6.45) is 1.65. The summed E-state index contributed by atoms with van der Waals surface area (Å²) in [7, 11) is 0. The van der Waals surface area contributed by atoms with Crippen molar-refractivity contribution in [1.82, 2.24) is 15.4 Å². The number of fused-ring (bicyclic) bond motifs is 1. The standard InChI is InChI=1S/C4H2N4S.BrH/c1-3-4(7-8-6-1)9-2-5-3;/h1-2H;1H. The van der Waals surface area contributed by atoms with Gasteiger partial charge >= 0.3 is 0 Å². The van der Waals surface area contributed by atoms with E-state index in [-0.39, 0.29) is 17.0 Å². The van der Waals surface area contributed by atoms with Crippen molar-refractivity contribution in [3.8, 4) is 0 Å². The minimum Gasteiger partial charge on any atom is -1.00 e. The second-order valence-corrected chi connectivity index (χ2v) is 2.39. The normalized spacial score (nSPS) is 9.20. The Hall–Kier alpha value is -0.620. The fraction of sp³-hybridized carbons (Fsp3) is 0. The summed E-state index contributed by atoms with van der Waals surface area (Å²) in [6.45, 7) is 0. The van der Waals surface area contributed by atoms with Gasteiger partial charge in [-0.1, -0.05) is 0 Å². The Kier molecular flexibility index (Phi) is 2.23. The third-order valence-corrected chi connectivity index (χ3v) is 1.75. The van der Waals surface area contributed by atoms with Crippen molar-refractivity contribution in [3.05, 3.63) is 11.7 Å². The Labute approximate surface area is 71.1 Å². The molecule has 0 radical (unpaired) electrons. The quantitative estimate of drug-likeness (QED) is 0.471. The molecule has 0 amide bonds. The summed E-state index contributed by atoms with van der Waals surface area (Å²) >= 11 is 1.52. The number of hydrogen-bond acceptors (Lipinski definition) is 4. The van der Waals surface area contributed by atoms with Gasteiger partial charge in [0.1, 0.15) is 6.20 Å². The summed E-state index contributed by atoms with van der Waals surface area (Å²) in [5.74, 6) is 0. The molecule has 52 valence electrons. The van der Waals surface area contributed by atoms with Crippen LogP contribution in [0.15, 0.2) is 11.7 Å². The number of hydrogen-bond donors (Lipinski definition) is 0. The van der Waals surface area contributed by atoms with Gasteiger partial charge in [-0.05, 0) is 16.6 Å². The SMILES string of the molecule is [Br-].c1[nH+]c2cnnnc2s1. The highest BCUT2D eigenvalue weighted by Crippen LogP contribution is 2.05. The Morgan fingerprint density at radius 1 is 1.50 bits per heavy atom. The minimum absolute atomic E-state index is 0. The van der Waals surface area contributed by atoms with Gasteiger partial charge in [0.25, 0.3) is 5.52 Å². The highest BCUT2D eigenvalue weighted by atomic mass is 79.9. The molecule has 6 heteroatoms. The second kappa shape index (κ2) is 2.98. The molecule has 2 heterocycles. The molecule has 1 N–H and O–H groups in total. The van der Waals surface area contributed by atoms with E-state index in [4.69, 9.17) is 0 Å². The van der Waals surface area contributed by atoms with E-state index < -0.39 is 0 Å². The van der Waals surface area contributed by atoms with Crippen molar-refractivity contribution >= 4 is 21.7 Å². The summed E-state index contributed by atoms with van der Waals surface area (Å²) in [4.78, 5) is 3.87. The van der Waals surface area contributed by atoms with E-state index in [1.54, 1.807) is 6.20 Å². The first-order valence-electron chi connectivity index (χ1n) is 2.40. The smallest absolute Gasteiger partial charge is 0.263 e. The molecule has 0 aliphatic rings. The van der Waals surface area contributed by atoms with Gasteiger partial charge in [-0.25, -0.2) is 0 Å². The second-order valence-electron chi connectivity index (χ2n) is 1.53. The van der Waals surface area contributed by atoms with Crippen molar-refractivity contribution in [2.75, 3.05) is 0 Å². The summed E-state index contributed by atoms with van der Waals surface area (Å²) in [5.41, 5.74) is 2.79. The molecule has 0 spiro atoms. The molecular formula is C4H3BrN4S. The van der Waals surface area contributed by atoms with E-state index >= 15 is 0 Å². The zero-order valence-corrected chi connectivity index (χ0v) is 7.19. The molecular weight excluding hydrogens is 216 g/mol. The van der Waals surface area contributed by atoms with Gasteiger partial charge in [0, 0.05) is 0 Å². The maximum Gasteiger partial charge on any atom is 0.263 e. The first-order chi connectivity index (χ1) is 4.47. The lowest BCUT2D eigenvalue weighted by Crippen LogP contribution is -3.00. The molecule has 0 aliphatic heterocycles. The fourth-order valence-electron chi connectivity index (χ4n) is 0.594. The number of halogens is 1. The van der Waals surface area contributed by atoms with Crippen LogP contribution in [0.5, 0.6) is 0 Å². The predicted molar refractivity (Wildman–Crippen MR) is 31.8 cm³/mol. The van der Waals surface area contributed by atoms with Crippen LogP contribution in [0.2, 0.25) is 0 Å². The lowest BCUT2D eigenvalue weighted by molar-refractivity contribution is -0.338. The summed E-state index contributed by atoms with van der Waals surface area (Å²) in [6, 6.07) is 0. The maximum atomic E-state index is 3.77. The van der Waals surface area contributed by atoms with Crippen molar-refractivity contribution in [3.63, 3.8) is 0 Å². The van der Waals surface area contributed by atoms with Crippen LogP contribution in [-0.4, -0.2) is 15.4 Å². The van der Waals surface area contributed by atoms with Crippen LogP contribution in [-0.2, 0) is 0 Å². The van der Waals surface area contributed by atoms with Gasteiger partial charge in [-0.2, -0.15) is 4.98 Å². The Morgan fingerprint density at radius 3 is 3.20 bits per heavy atom. The van der Waals surface area contributed by atoms with Gasteiger partial charge in [0.2, 0.25) is 10.3 Å². The molecule has 0 aliphatic carbocycles. The van der Waals surface area contributed by atoms with Crippen molar-refractivity contribution < 1.29 is 22.0 Å². The molecule has 0 atom stereocenters. The number of aromatic amines is 1. The number of thiazole rings is 1. The van der Waals surface area contributed by atoms with E-state index in [1.807, 2.05) is 5.51 Å². The Bertz CT molecular complexity index is 291. The number of rotatable bonds is 0. The largest absolute Gasteiger partial charge is 1.00 e. The minimum atomic E-state index is 0. The highest BCUT2D eigenvalue weighted by Gasteiger charge is 2.01. The van der Waals surface area contributed by atoms with Gasteiger partial charge in [0.05, 0.1) is 0 Å². The molecule has 2 aromatic heterocycles. The molecule has 2 rings (SSSR count). The Balaban J connectivity index is 0.000000500. The van der Waals surface area contributed by atoms with E-state index in [9.17, 15) is 0 Å². The topological polar surface area (TPSA) is 52.8 Å². The summed E-state index contributed by atoms with van der Waals surface area (Å²) in [5, 5.41) is 10.8. The van der Waals surface area contributed by atoms with Crippen molar-refractivity contribution in [1.29, 1.82) is 0 Å². The molecule has 0 saturated carbocycles. The van der Waals surface area contributed by atoms with E-state index in [2.05, 4.69) is 20.4 Å². The average molecular weight is 219 g/mol. The molecule has 4 nitrogen and oxygen atoms in total. The van der Waals surface area contributed by atoms with Crippen LogP contribution >= 0.6 is 11.3 Å². The van der Waals surface area contributed by atoms with E-state index in [0.717, 1.165) is 10.3 Å². The molecule has 0 aromatic carbocycles. The zero-order valence-electron chi connectivity index (χ0n) is 4.78. The van der Waals surface area contributed by atoms with Crippen LogP contribution < -0.4 is 22.0 Å². The van der Waals surface area contributed by atoms with E-state index in [1.165, 1.54) is 11.3 Å². The third-order valence-electron chi connectivity index (χ3n) is 0.989. The van der Waals surface area contributed by atoms with E-state index in [0.29, 0.717) is 0 Å². The molecule has 0 bridgehead atoms. The number of aromatic nitrogens is 4. The van der Waals surface area contributed by atoms with Crippen LogP contribution in [0.25, 0.3) is 10.3 Å². The summed E-state index contributed by atoms with van der Waals surface area (Å²) < 4.78 is 0. The van der Waals surface area contributed by atoms with Gasteiger partial charge in [-0.3, -0.25) is 0 Å². The van der Waals surface area contributed by atoms with Crippen LogP contribution in [0.4, 0.5) is 0 Å². The van der Waals surface area contributed by atoms with Crippen LogP contribution in [0.1, 0.15) is 0 Å². The average Bonchev–Trinajstić information content (AvgIpc) is 2.33. The number of nitrogens with one attached hydrogen (secondary N) is 1. The highest BCUT2D eigenvalue weighted by molar-refractivity contribution is 7.15. The zero-order chi connectivity index (χ0) is 6.10. The first kappa shape index (κ1) is 7.49. The number of nitrogens with zero attached hydrogens (tertiary/aromatic N) is 3. The first-order valence-corrected chi connectivity index (χ1v) is 3.28. The molecule has 0 saturated heterocycles. The van der Waals surface area contributed by atoms with Crippen LogP contribution in [0.3, 0.4) is 0 Å². The fourth-order valence-corrected chi connectivity index (χ4v) is 1.21. The molecule has 0 unspecified atom stereocenters. The molecule has 2 aromatic rings. The maximum absolute atomic E-state index is 3.77. The predicted octanol–water partition coefficient (Wildman–Crippen LogP) is -3.10. The van der Waals surface area contributed by atoms with Crippen molar-refractivity contribution in [2.45, 2.75) is 0 Å². The Morgan fingerprint density at radius 2 is 2.40 bits per heavy atom. The monoisotopic (exact) mass is 218 g/mol. The lowest BCUT2D eigenvalue weighted by Gasteiger charge is -1.72.